The van der Waals surface area contributed by atoms with Crippen molar-refractivity contribution < 1.29 is 24.5 Å². The Morgan fingerprint density at radius 1 is 1.00 bits per heavy atom. The van der Waals surface area contributed by atoms with Crippen molar-refractivity contribution in [3.63, 3.8) is 0 Å². The number of carbonyl (C=O) groups excluding carboxylic acids is 2. The molecule has 4 rings (SSSR count). The summed E-state index contributed by atoms with van der Waals surface area (Å²) in [5.74, 6) is -0.814. The summed E-state index contributed by atoms with van der Waals surface area (Å²) in [5, 5.41) is 21.2. The molecule has 1 unspecified atom stereocenters. The van der Waals surface area contributed by atoms with Crippen LogP contribution in [0.2, 0.25) is 0 Å². The molecule has 1 amide bonds. The van der Waals surface area contributed by atoms with E-state index in [0.717, 1.165) is 11.1 Å². The predicted octanol–water partition coefficient (Wildman–Crippen LogP) is 5.67. The number of Topliss-reactive ketones (excluding diaryl/α,β-unsaturated/α-hetero) is 1. The molecule has 1 saturated heterocycles. The van der Waals surface area contributed by atoms with Gasteiger partial charge >= 0.3 is 0 Å². The molecule has 6 nitrogen and oxygen atoms in total. The maximum absolute atomic E-state index is 13.3. The fourth-order valence-corrected chi connectivity index (χ4v) is 4.28. The smallest absolute Gasteiger partial charge is 0.300 e. The van der Waals surface area contributed by atoms with E-state index in [-0.39, 0.29) is 17.1 Å². The number of aliphatic hydroxyl groups excluding tert-OH is 1. The zero-order chi connectivity index (χ0) is 25.3. The summed E-state index contributed by atoms with van der Waals surface area (Å²) in [5.41, 5.74) is 3.41. The summed E-state index contributed by atoms with van der Waals surface area (Å²) in [4.78, 5) is 28.1. The van der Waals surface area contributed by atoms with Gasteiger partial charge in [-0.3, -0.25) is 14.5 Å². The Hall–Kier alpha value is -4.06. The predicted molar refractivity (Wildman–Crippen MR) is 136 cm³/mol. The van der Waals surface area contributed by atoms with E-state index in [4.69, 9.17) is 4.74 Å². The summed E-state index contributed by atoms with van der Waals surface area (Å²) >= 11 is 0. The second-order valence-electron chi connectivity index (χ2n) is 9.28. The summed E-state index contributed by atoms with van der Waals surface area (Å²) in [6, 6.07) is 17.9. The zero-order valence-corrected chi connectivity index (χ0v) is 20.3. The number of benzene rings is 3. The second kappa shape index (κ2) is 9.66. The number of anilines is 1. The molecule has 1 fully saturated rings. The van der Waals surface area contributed by atoms with Gasteiger partial charge < -0.3 is 14.9 Å². The van der Waals surface area contributed by atoms with Gasteiger partial charge in [0.1, 0.15) is 17.3 Å². The standard InChI is InChI=1S/C29H29NO5/c1-17(2)16-35-23-7-5-6-21(15-23)27(32)25-26(20-9-11-22(31)12-10-20)30(29(34)28(25)33)24-13-8-18(3)14-19(24)4/h5-15,17,26,31-32H,16H2,1-4H3/b27-25+. The first-order valence-electron chi connectivity index (χ1n) is 11.6. The van der Waals surface area contributed by atoms with Gasteiger partial charge in [0, 0.05) is 11.3 Å². The SMILES string of the molecule is Cc1ccc(N2C(=O)C(=O)/C(=C(/O)c3cccc(OCC(C)C)c3)C2c2ccc(O)cc2)c(C)c1. The second-order valence-corrected chi connectivity index (χ2v) is 9.28. The Labute approximate surface area is 205 Å². The number of phenolic OH excluding ortho intramolecular Hbond substituents is 1. The van der Waals surface area contributed by atoms with Crippen molar-refractivity contribution in [2.75, 3.05) is 11.5 Å². The Balaban J connectivity index is 1.88. The van der Waals surface area contributed by atoms with Crippen LogP contribution >= 0.6 is 0 Å². The third-order valence-electron chi connectivity index (χ3n) is 5.96. The van der Waals surface area contributed by atoms with Crippen molar-refractivity contribution in [2.24, 2.45) is 5.92 Å². The Morgan fingerprint density at radius 3 is 2.37 bits per heavy atom. The van der Waals surface area contributed by atoms with Gasteiger partial charge in [-0.1, -0.05) is 55.8 Å². The van der Waals surface area contributed by atoms with Crippen LogP contribution in [-0.2, 0) is 9.59 Å². The maximum atomic E-state index is 13.3. The minimum absolute atomic E-state index is 0.0123. The van der Waals surface area contributed by atoms with E-state index in [0.29, 0.717) is 35.1 Å². The molecule has 1 aliphatic heterocycles. The molecule has 180 valence electrons. The number of hydrogen-bond donors (Lipinski definition) is 2. The number of aliphatic hydroxyl groups is 1. The van der Waals surface area contributed by atoms with Gasteiger partial charge in [0.05, 0.1) is 18.2 Å². The molecule has 0 radical (unpaired) electrons. The molecule has 1 heterocycles. The highest BCUT2D eigenvalue weighted by Gasteiger charge is 2.47. The minimum Gasteiger partial charge on any atom is -0.508 e. The highest BCUT2D eigenvalue weighted by Crippen LogP contribution is 2.43. The van der Waals surface area contributed by atoms with Crippen molar-refractivity contribution in [2.45, 2.75) is 33.7 Å². The molecule has 0 aliphatic carbocycles. The fourth-order valence-electron chi connectivity index (χ4n) is 4.28. The molecule has 1 atom stereocenters. The number of aryl methyl sites for hydroxylation is 2. The molecule has 0 bridgehead atoms. The van der Waals surface area contributed by atoms with Gasteiger partial charge in [0.25, 0.3) is 11.7 Å². The van der Waals surface area contributed by atoms with E-state index >= 15 is 0 Å². The monoisotopic (exact) mass is 471 g/mol. The van der Waals surface area contributed by atoms with Crippen molar-refractivity contribution in [1.29, 1.82) is 0 Å². The third-order valence-corrected chi connectivity index (χ3v) is 5.96. The fraction of sp³-hybridized carbons (Fsp3) is 0.241. The zero-order valence-electron chi connectivity index (χ0n) is 20.3. The quantitative estimate of drug-likeness (QED) is 0.275. The molecular weight excluding hydrogens is 442 g/mol. The molecule has 3 aromatic rings. The molecule has 0 saturated carbocycles. The highest BCUT2D eigenvalue weighted by atomic mass is 16.5. The number of aromatic hydroxyl groups is 1. The van der Waals surface area contributed by atoms with Gasteiger partial charge in [-0.15, -0.1) is 0 Å². The van der Waals surface area contributed by atoms with Crippen molar-refractivity contribution >= 4 is 23.1 Å². The molecule has 35 heavy (non-hydrogen) atoms. The van der Waals surface area contributed by atoms with Crippen LogP contribution in [0.5, 0.6) is 11.5 Å². The molecule has 1 aliphatic rings. The van der Waals surface area contributed by atoms with Crippen molar-refractivity contribution in [1.82, 2.24) is 0 Å². The topological polar surface area (TPSA) is 87.1 Å². The molecule has 0 aromatic heterocycles. The molecule has 2 N–H and O–H groups in total. The van der Waals surface area contributed by atoms with Crippen LogP contribution in [0.15, 0.2) is 72.3 Å². The number of hydrogen-bond acceptors (Lipinski definition) is 5. The number of amides is 1. The van der Waals surface area contributed by atoms with Crippen LogP contribution in [0.1, 0.15) is 42.1 Å². The van der Waals surface area contributed by atoms with Crippen LogP contribution in [-0.4, -0.2) is 28.5 Å². The molecule has 6 heteroatoms. The Bertz CT molecular complexity index is 1310. The van der Waals surface area contributed by atoms with Crippen LogP contribution in [0.3, 0.4) is 0 Å². The average molecular weight is 472 g/mol. The summed E-state index contributed by atoms with van der Waals surface area (Å²) in [6.45, 7) is 8.42. The van der Waals surface area contributed by atoms with Crippen LogP contribution in [0, 0.1) is 19.8 Å². The maximum Gasteiger partial charge on any atom is 0.300 e. The Morgan fingerprint density at radius 2 is 1.71 bits per heavy atom. The molecule has 0 spiro atoms. The lowest BCUT2D eigenvalue weighted by molar-refractivity contribution is -0.132. The summed E-state index contributed by atoms with van der Waals surface area (Å²) in [7, 11) is 0. The summed E-state index contributed by atoms with van der Waals surface area (Å²) in [6.07, 6.45) is 0. The van der Waals surface area contributed by atoms with Gasteiger partial charge in [-0.25, -0.2) is 0 Å². The van der Waals surface area contributed by atoms with Crippen molar-refractivity contribution in [3.8, 4) is 11.5 Å². The molecular formula is C29H29NO5. The number of nitrogens with zero attached hydrogens (tertiary/aromatic N) is 1. The number of ketones is 1. The van der Waals surface area contributed by atoms with Crippen molar-refractivity contribution in [3.05, 3.63) is 94.6 Å². The largest absolute Gasteiger partial charge is 0.508 e. The lowest BCUT2D eigenvalue weighted by Crippen LogP contribution is -2.30. The van der Waals surface area contributed by atoms with Gasteiger partial charge in [-0.2, -0.15) is 0 Å². The van der Waals surface area contributed by atoms with E-state index in [2.05, 4.69) is 0 Å². The number of ether oxygens (including phenoxy) is 1. The average Bonchev–Trinajstić information content (AvgIpc) is 3.08. The van der Waals surface area contributed by atoms with E-state index in [9.17, 15) is 19.8 Å². The number of rotatable bonds is 6. The van der Waals surface area contributed by atoms with Crippen LogP contribution < -0.4 is 9.64 Å². The van der Waals surface area contributed by atoms with Gasteiger partial charge in [-0.05, 0) is 61.2 Å². The Kier molecular flexibility index (Phi) is 6.65. The number of carbonyl (C=O) groups is 2. The van der Waals surface area contributed by atoms with Crippen LogP contribution in [0.25, 0.3) is 5.76 Å². The first kappa shape index (κ1) is 24.1. The van der Waals surface area contributed by atoms with Gasteiger partial charge in [0.2, 0.25) is 0 Å². The van der Waals surface area contributed by atoms with Crippen LogP contribution in [0.4, 0.5) is 5.69 Å². The lowest BCUT2D eigenvalue weighted by atomic mass is 9.94. The minimum atomic E-state index is -0.864. The molecule has 3 aromatic carbocycles. The third kappa shape index (κ3) is 4.78. The van der Waals surface area contributed by atoms with E-state index < -0.39 is 17.7 Å². The first-order valence-corrected chi connectivity index (χ1v) is 11.6. The van der Waals surface area contributed by atoms with E-state index in [1.165, 1.54) is 17.0 Å². The highest BCUT2D eigenvalue weighted by molar-refractivity contribution is 6.51. The number of phenols is 1. The normalized spacial score (nSPS) is 17.3. The van der Waals surface area contributed by atoms with E-state index in [1.54, 1.807) is 36.4 Å². The van der Waals surface area contributed by atoms with Gasteiger partial charge in [0.15, 0.2) is 0 Å². The summed E-state index contributed by atoms with van der Waals surface area (Å²) < 4.78 is 5.79. The first-order chi connectivity index (χ1) is 16.7. The van der Waals surface area contributed by atoms with E-state index in [1.807, 2.05) is 45.9 Å². The lowest BCUT2D eigenvalue weighted by Gasteiger charge is -2.27.